The monoisotopic (exact) mass is 453 g/mol. The number of nitrogens with zero attached hydrogens (tertiary/aromatic N) is 2. The first-order valence-electron chi connectivity index (χ1n) is 10.8. The van der Waals surface area contributed by atoms with Crippen molar-refractivity contribution >= 4 is 28.8 Å². The number of imide groups is 1. The Kier molecular flexibility index (Phi) is 8.15. The molecule has 2 aromatic rings. The van der Waals surface area contributed by atoms with Gasteiger partial charge < -0.3 is 14.8 Å². The van der Waals surface area contributed by atoms with Crippen molar-refractivity contribution in [2.75, 3.05) is 32.2 Å². The molecule has 0 atom stereocenters. The number of methoxy groups -OCH3 is 1. The topological polar surface area (TPSA) is 111 Å². The van der Waals surface area contributed by atoms with Crippen molar-refractivity contribution in [3.63, 3.8) is 0 Å². The number of nitrogens with one attached hydrogen (secondary N) is 1. The summed E-state index contributed by atoms with van der Waals surface area (Å²) in [6.07, 6.45) is 2.51. The van der Waals surface area contributed by atoms with Gasteiger partial charge in [-0.3, -0.25) is 24.6 Å². The van der Waals surface area contributed by atoms with Crippen LogP contribution in [0.3, 0.4) is 0 Å². The lowest BCUT2D eigenvalue weighted by Gasteiger charge is -2.15. The van der Waals surface area contributed by atoms with Gasteiger partial charge in [0.15, 0.2) is 0 Å². The Morgan fingerprint density at radius 3 is 2.24 bits per heavy atom. The van der Waals surface area contributed by atoms with Crippen molar-refractivity contribution in [1.82, 2.24) is 4.90 Å². The van der Waals surface area contributed by atoms with Crippen LogP contribution in [0.15, 0.2) is 54.2 Å². The Morgan fingerprint density at radius 1 is 0.970 bits per heavy atom. The van der Waals surface area contributed by atoms with Crippen molar-refractivity contribution in [3.8, 4) is 5.75 Å². The SMILES string of the molecule is CCCCOCCCN1C(=O)C(Nc2ccc(OC)cc2)=C(c2ccc([N+](=O)[O-])cc2)C1=O. The number of hydrogen-bond acceptors (Lipinski definition) is 7. The Morgan fingerprint density at radius 2 is 1.64 bits per heavy atom. The molecule has 0 saturated carbocycles. The lowest BCUT2D eigenvalue weighted by Crippen LogP contribution is -2.34. The molecule has 0 radical (unpaired) electrons. The standard InChI is InChI=1S/C24H27N3O6/c1-3-4-15-33-16-5-14-26-23(28)21(17-6-10-19(11-7-17)27(30)31)22(24(26)29)25-18-8-12-20(32-2)13-9-18/h6-13,25H,3-5,14-16H2,1-2H3. The maximum absolute atomic E-state index is 13.2. The molecule has 9 nitrogen and oxygen atoms in total. The molecule has 33 heavy (non-hydrogen) atoms. The smallest absolute Gasteiger partial charge is 0.278 e. The summed E-state index contributed by atoms with van der Waals surface area (Å²) in [4.78, 5) is 38.1. The molecule has 1 aliphatic heterocycles. The minimum atomic E-state index is -0.513. The van der Waals surface area contributed by atoms with E-state index in [4.69, 9.17) is 9.47 Å². The molecular weight excluding hydrogens is 426 g/mol. The quantitative estimate of drug-likeness (QED) is 0.224. The minimum absolute atomic E-state index is 0.0955. The van der Waals surface area contributed by atoms with Crippen LogP contribution in [-0.2, 0) is 14.3 Å². The fourth-order valence-electron chi connectivity index (χ4n) is 3.40. The van der Waals surface area contributed by atoms with Gasteiger partial charge in [-0.15, -0.1) is 0 Å². The van der Waals surface area contributed by atoms with E-state index < -0.39 is 16.7 Å². The molecule has 0 unspecified atom stereocenters. The lowest BCUT2D eigenvalue weighted by atomic mass is 10.0. The summed E-state index contributed by atoms with van der Waals surface area (Å²) in [6, 6.07) is 12.5. The van der Waals surface area contributed by atoms with E-state index in [1.54, 1.807) is 31.4 Å². The number of nitro benzene ring substituents is 1. The van der Waals surface area contributed by atoms with Gasteiger partial charge in [-0.05, 0) is 54.8 Å². The van der Waals surface area contributed by atoms with Crippen molar-refractivity contribution in [3.05, 3.63) is 69.9 Å². The van der Waals surface area contributed by atoms with Gasteiger partial charge in [0.2, 0.25) is 0 Å². The highest BCUT2D eigenvalue weighted by Gasteiger charge is 2.39. The Hall–Kier alpha value is -3.72. The van der Waals surface area contributed by atoms with Crippen LogP contribution in [-0.4, -0.2) is 48.5 Å². The van der Waals surface area contributed by atoms with E-state index in [1.165, 1.54) is 29.2 Å². The van der Waals surface area contributed by atoms with Gasteiger partial charge in [-0.2, -0.15) is 0 Å². The number of nitro groups is 1. The molecule has 0 bridgehead atoms. The number of benzene rings is 2. The average molecular weight is 453 g/mol. The number of rotatable bonds is 12. The minimum Gasteiger partial charge on any atom is -0.497 e. The van der Waals surface area contributed by atoms with Gasteiger partial charge in [0.05, 0.1) is 17.6 Å². The molecule has 9 heteroatoms. The molecule has 3 rings (SSSR count). The molecule has 0 aliphatic carbocycles. The Bertz CT molecular complexity index is 1030. The summed E-state index contributed by atoms with van der Waals surface area (Å²) in [5.74, 6) is -0.236. The molecule has 0 saturated heterocycles. The normalized spacial score (nSPS) is 13.6. The van der Waals surface area contributed by atoms with Crippen LogP contribution in [0.25, 0.3) is 5.57 Å². The molecule has 2 aromatic carbocycles. The van der Waals surface area contributed by atoms with E-state index in [1.807, 2.05) is 0 Å². The molecule has 1 heterocycles. The number of carbonyl (C=O) groups is 2. The number of unbranched alkanes of at least 4 members (excludes halogenated alkanes) is 1. The first-order valence-corrected chi connectivity index (χ1v) is 10.8. The molecule has 0 aromatic heterocycles. The van der Waals surface area contributed by atoms with Crippen LogP contribution in [0.4, 0.5) is 11.4 Å². The maximum Gasteiger partial charge on any atom is 0.278 e. The Labute approximate surface area is 192 Å². The number of carbonyl (C=O) groups excluding carboxylic acids is 2. The van der Waals surface area contributed by atoms with Crippen LogP contribution in [0.1, 0.15) is 31.7 Å². The fraction of sp³-hybridized carbons (Fsp3) is 0.333. The van der Waals surface area contributed by atoms with Crippen molar-refractivity contribution in [1.29, 1.82) is 0 Å². The van der Waals surface area contributed by atoms with E-state index in [2.05, 4.69) is 12.2 Å². The van der Waals surface area contributed by atoms with Crippen LogP contribution >= 0.6 is 0 Å². The molecular formula is C24H27N3O6. The first-order chi connectivity index (χ1) is 16.0. The average Bonchev–Trinajstić information content (AvgIpc) is 3.05. The van der Waals surface area contributed by atoms with Gasteiger partial charge in [-0.25, -0.2) is 0 Å². The predicted molar refractivity (Wildman–Crippen MR) is 124 cm³/mol. The van der Waals surface area contributed by atoms with Crippen LogP contribution in [0.5, 0.6) is 5.75 Å². The molecule has 1 N–H and O–H groups in total. The Balaban J connectivity index is 1.85. The third kappa shape index (κ3) is 5.75. The largest absolute Gasteiger partial charge is 0.497 e. The van der Waals surface area contributed by atoms with E-state index in [-0.39, 0.29) is 23.5 Å². The van der Waals surface area contributed by atoms with Crippen molar-refractivity contribution < 1.29 is 24.0 Å². The fourth-order valence-corrected chi connectivity index (χ4v) is 3.40. The lowest BCUT2D eigenvalue weighted by molar-refractivity contribution is -0.384. The summed E-state index contributed by atoms with van der Waals surface area (Å²) in [6.45, 7) is 3.39. The molecule has 0 spiro atoms. The third-order valence-corrected chi connectivity index (χ3v) is 5.21. The predicted octanol–water partition coefficient (Wildman–Crippen LogP) is 4.00. The zero-order valence-corrected chi connectivity index (χ0v) is 18.7. The second-order valence-corrected chi connectivity index (χ2v) is 7.49. The third-order valence-electron chi connectivity index (χ3n) is 5.21. The van der Waals surface area contributed by atoms with Gasteiger partial charge in [-0.1, -0.05) is 13.3 Å². The first kappa shape index (κ1) is 23.9. The van der Waals surface area contributed by atoms with E-state index in [0.717, 1.165) is 12.8 Å². The summed E-state index contributed by atoms with van der Waals surface area (Å²) in [5, 5.41) is 14.1. The number of anilines is 1. The second-order valence-electron chi connectivity index (χ2n) is 7.49. The van der Waals surface area contributed by atoms with Crippen LogP contribution < -0.4 is 10.1 Å². The van der Waals surface area contributed by atoms with Crippen molar-refractivity contribution in [2.24, 2.45) is 0 Å². The van der Waals surface area contributed by atoms with E-state index >= 15 is 0 Å². The van der Waals surface area contributed by atoms with E-state index in [9.17, 15) is 19.7 Å². The molecule has 0 fully saturated rings. The van der Waals surface area contributed by atoms with Crippen LogP contribution in [0.2, 0.25) is 0 Å². The van der Waals surface area contributed by atoms with E-state index in [0.29, 0.717) is 36.6 Å². The highest BCUT2D eigenvalue weighted by atomic mass is 16.6. The maximum atomic E-state index is 13.2. The highest BCUT2D eigenvalue weighted by molar-refractivity contribution is 6.36. The van der Waals surface area contributed by atoms with Gasteiger partial charge >= 0.3 is 0 Å². The zero-order chi connectivity index (χ0) is 23.8. The zero-order valence-electron chi connectivity index (χ0n) is 18.7. The van der Waals surface area contributed by atoms with Gasteiger partial charge in [0.25, 0.3) is 17.5 Å². The number of amides is 2. The number of hydrogen-bond donors (Lipinski definition) is 1. The second kappa shape index (κ2) is 11.2. The highest BCUT2D eigenvalue weighted by Crippen LogP contribution is 2.32. The summed E-state index contributed by atoms with van der Waals surface area (Å²) in [5.41, 5.74) is 1.25. The molecule has 174 valence electrons. The molecule has 2 amide bonds. The summed E-state index contributed by atoms with van der Waals surface area (Å²) < 4.78 is 10.7. The van der Waals surface area contributed by atoms with Crippen molar-refractivity contribution in [2.45, 2.75) is 26.2 Å². The molecule has 1 aliphatic rings. The summed E-state index contributed by atoms with van der Waals surface area (Å²) in [7, 11) is 1.56. The van der Waals surface area contributed by atoms with Crippen LogP contribution in [0, 0.1) is 10.1 Å². The van der Waals surface area contributed by atoms with Gasteiger partial charge in [0.1, 0.15) is 11.4 Å². The summed E-state index contributed by atoms with van der Waals surface area (Å²) >= 11 is 0. The number of ether oxygens (including phenoxy) is 2. The van der Waals surface area contributed by atoms with Gasteiger partial charge in [0, 0.05) is 37.6 Å². The number of non-ortho nitro benzene ring substituents is 1.